The molecule has 3 aromatic heterocycles. The van der Waals surface area contributed by atoms with Crippen LogP contribution < -0.4 is 21.7 Å². The summed E-state index contributed by atoms with van der Waals surface area (Å²) >= 11 is 0. The summed E-state index contributed by atoms with van der Waals surface area (Å²) < 4.78 is 132. The second-order valence-corrected chi connectivity index (χ2v) is 42.2. The highest BCUT2D eigenvalue weighted by Crippen LogP contribution is 2.37. The number of sulfone groups is 3. The Morgan fingerprint density at radius 3 is 1.07 bits per heavy atom. The second-order valence-electron chi connectivity index (χ2n) is 36.3. The Labute approximate surface area is 722 Å². The van der Waals surface area contributed by atoms with Gasteiger partial charge >= 0.3 is 18.2 Å². The topological polar surface area (TPSA) is 371 Å². The zero-order valence-electron chi connectivity index (χ0n) is 73.9. The SMILES string of the molecule is CN[C@@H](C)C(=O)N[C@H](C(=O)N1CCC[C@H]1Cn1cc(S(C)(=O)=O)c2cc(F)ccc21)C1CCCCC1.CS(=O)(=O)c1cn(C[C@@H]2CCCN2C(=O)[C@@H](N)C2CCCCC2)c2ccc(F)cc12.C[C@@H](C(=O)N[C@H](C(=O)N1CCC[C@H]1Cn1cc(S(C)(=O)=O)c2cc(F)ccc21)C1CCCCC1)N(C)C(=O)OC(C)(C)C.C[C@@H](C(=O)O)N(C)C(=O)OC(C)(C)C. The number of benzene rings is 3. The molecule has 3 saturated heterocycles. The van der Waals surface area contributed by atoms with Crippen molar-refractivity contribution >= 4 is 110 Å². The lowest BCUT2D eigenvalue weighted by atomic mass is 9.83. The van der Waals surface area contributed by atoms with E-state index >= 15 is 0 Å². The molecule has 6 N–H and O–H groups in total. The average Bonchev–Trinajstić information content (AvgIpc) is 1.63. The van der Waals surface area contributed by atoms with Crippen molar-refractivity contribution in [1.29, 1.82) is 0 Å². The van der Waals surface area contributed by atoms with Gasteiger partial charge in [-0.25, -0.2) is 52.8 Å². The number of nitrogens with zero attached hydrogens (tertiary/aromatic N) is 8. The minimum Gasteiger partial charge on any atom is -0.480 e. The van der Waals surface area contributed by atoms with E-state index in [1.54, 1.807) is 102 Å². The molecule has 3 aliphatic carbocycles. The first kappa shape index (κ1) is 98.0. The van der Waals surface area contributed by atoms with Crippen LogP contribution in [0.4, 0.5) is 22.8 Å². The van der Waals surface area contributed by atoms with Crippen molar-refractivity contribution in [3.8, 4) is 0 Å². The van der Waals surface area contributed by atoms with E-state index in [9.17, 15) is 76.8 Å². The number of nitrogens with two attached hydrogens (primary N) is 1. The third-order valence-electron chi connectivity index (χ3n) is 24.7. The number of nitrogens with one attached hydrogen (secondary N) is 3. The number of likely N-dealkylation sites (N-methyl/N-ethyl adjacent to an activating group) is 3. The molecular formula is C88H129F3N12O17S3. The number of likely N-dealkylation sites (tertiary alicyclic amines) is 3. The lowest BCUT2D eigenvalue weighted by Crippen LogP contribution is -2.57. The zero-order valence-corrected chi connectivity index (χ0v) is 76.4. The molecule has 6 aromatic rings. The number of carboxylic acid groups (broad SMARTS) is 1. The number of aliphatic carboxylic acids is 1. The Morgan fingerprint density at radius 1 is 0.463 bits per heavy atom. The zero-order chi connectivity index (χ0) is 90.7. The summed E-state index contributed by atoms with van der Waals surface area (Å²) in [5.41, 5.74) is 6.92. The largest absolute Gasteiger partial charge is 0.480 e. The second kappa shape index (κ2) is 41.5. The summed E-state index contributed by atoms with van der Waals surface area (Å²) in [5, 5.41) is 18.7. The quantitative estimate of drug-likeness (QED) is 0.0398. The highest BCUT2D eigenvalue weighted by molar-refractivity contribution is 7.91. The molecule has 3 saturated carbocycles. The number of carbonyl (C=O) groups excluding carboxylic acids is 7. The average molecular weight is 1780 g/mol. The Hall–Kier alpha value is -8.80. The van der Waals surface area contributed by atoms with Gasteiger partial charge in [-0.3, -0.25) is 33.8 Å². The van der Waals surface area contributed by atoms with E-state index in [0.29, 0.717) is 78.4 Å². The number of ether oxygens (including phenoxy) is 2. The van der Waals surface area contributed by atoms with E-state index in [1.807, 2.05) is 18.9 Å². The van der Waals surface area contributed by atoms with Crippen molar-refractivity contribution in [1.82, 2.24) is 54.2 Å². The smallest absolute Gasteiger partial charge is 0.410 e. The Bertz CT molecular complexity index is 5120. The van der Waals surface area contributed by atoms with Crippen LogP contribution >= 0.6 is 0 Å². The van der Waals surface area contributed by atoms with Crippen molar-refractivity contribution in [2.24, 2.45) is 23.5 Å². The molecule has 6 aliphatic rings. The Kier molecular flexibility index (Phi) is 33.1. The maximum atomic E-state index is 14.2. The number of amides is 7. The third-order valence-corrected chi connectivity index (χ3v) is 28.1. The molecule has 6 fully saturated rings. The molecule has 12 rings (SSSR count). The fourth-order valence-electron chi connectivity index (χ4n) is 17.6. The predicted octanol–water partition coefficient (Wildman–Crippen LogP) is 11.8. The Balaban J connectivity index is 0.000000196. The van der Waals surface area contributed by atoms with E-state index in [2.05, 4.69) is 16.0 Å². The number of aromatic nitrogens is 3. The number of hydrogen-bond donors (Lipinski definition) is 5. The van der Waals surface area contributed by atoms with Gasteiger partial charge in [-0.1, -0.05) is 57.8 Å². The summed E-state index contributed by atoms with van der Waals surface area (Å²) in [5.74, 6) is -3.06. The van der Waals surface area contributed by atoms with Crippen molar-refractivity contribution in [3.63, 3.8) is 0 Å². The molecule has 123 heavy (non-hydrogen) atoms. The van der Waals surface area contributed by atoms with E-state index in [1.165, 1.54) is 74.9 Å². The maximum absolute atomic E-state index is 14.2. The normalized spacial score (nSPS) is 19.9. The van der Waals surface area contributed by atoms with Crippen LogP contribution in [-0.4, -0.2) is 241 Å². The summed E-state index contributed by atoms with van der Waals surface area (Å²) in [4.78, 5) is 110. The first-order chi connectivity index (χ1) is 57.6. The number of carbonyl (C=O) groups is 8. The van der Waals surface area contributed by atoms with Crippen LogP contribution in [0.1, 0.15) is 197 Å². The third kappa shape index (κ3) is 25.5. The fourth-order valence-corrected chi connectivity index (χ4v) is 20.3. The lowest BCUT2D eigenvalue weighted by molar-refractivity contribution is -0.142. The van der Waals surface area contributed by atoms with Gasteiger partial charge in [0.2, 0.25) is 29.5 Å². The van der Waals surface area contributed by atoms with Crippen molar-refractivity contribution in [2.45, 2.75) is 297 Å². The fraction of sp³-hybridized carbons (Fsp3) is 0.636. The van der Waals surface area contributed by atoms with Gasteiger partial charge in [-0.15, -0.1) is 0 Å². The van der Waals surface area contributed by atoms with Crippen LogP contribution in [0.5, 0.6) is 0 Å². The Morgan fingerprint density at radius 2 is 0.764 bits per heavy atom. The summed E-state index contributed by atoms with van der Waals surface area (Å²) in [6.45, 7) is 18.3. The molecule has 3 aliphatic heterocycles. The molecule has 3 aromatic carbocycles. The van der Waals surface area contributed by atoms with E-state index in [0.717, 1.165) is 146 Å². The molecule has 0 bridgehead atoms. The van der Waals surface area contributed by atoms with Gasteiger partial charge in [0.15, 0.2) is 29.5 Å². The van der Waals surface area contributed by atoms with Crippen LogP contribution in [0.25, 0.3) is 32.7 Å². The number of halogens is 3. The van der Waals surface area contributed by atoms with Gasteiger partial charge in [0.1, 0.15) is 52.8 Å². The molecule has 0 spiro atoms. The lowest BCUT2D eigenvalue weighted by Gasteiger charge is -2.36. The highest BCUT2D eigenvalue weighted by atomic mass is 32.2. The van der Waals surface area contributed by atoms with Gasteiger partial charge in [-0.05, 0) is 219 Å². The van der Waals surface area contributed by atoms with Crippen molar-refractivity contribution in [3.05, 3.63) is 90.6 Å². The van der Waals surface area contributed by atoms with Crippen LogP contribution in [0, 0.1) is 35.2 Å². The number of hydrogen-bond acceptors (Lipinski definition) is 18. The summed E-state index contributed by atoms with van der Waals surface area (Å²) in [6, 6.07) is 8.10. The standard InChI is InChI=1S/C31H45FN4O6S.C26H37FN4O4S.C22H30FN3O3S.C9H17NO4/c1-20(34(5)30(39)42-31(2,3)4)28(37)33-27(21-11-8-7-9-12-21)29(38)36-16-10-13-23(36)18-35-19-26(43(6,40)41)24-17-22(32)14-15-25(24)35;1-17(28-2)25(32)29-24(18-8-5-4-6-9-18)26(33)31-13-7-10-20(31)15-30-16-23(36(3,34)35)21-14-19(27)11-12-22(21)30;1-30(28,29)20-14-25(19-10-9-16(23)12-18(19)20)13-17-8-5-11-26(17)22(27)21(24)15-6-3-2-4-7-15;1-6(7(11)12)10(5)8(13)14-9(2,3)4/h14-15,17,19-21,23,27H,7-13,16,18H2,1-6H3,(H,33,37);11-12,14,16-18,20,24,28H,4-10,13,15H2,1-3H3,(H,29,32);9-10,12,14-15,17,21H,2-8,11,13,24H2,1H3;6H,1-5H3,(H,11,12)/t20-,23-,27-;17-,20-,24-;17-,21-;6-/m0000/s1. The van der Waals surface area contributed by atoms with Crippen molar-refractivity contribution < 1.29 is 91.4 Å². The maximum Gasteiger partial charge on any atom is 0.410 e. The van der Waals surface area contributed by atoms with Gasteiger partial charge in [0.25, 0.3) is 0 Å². The van der Waals surface area contributed by atoms with E-state index < -0.39 is 118 Å². The molecule has 6 heterocycles. The predicted molar refractivity (Wildman–Crippen MR) is 464 cm³/mol. The monoisotopic (exact) mass is 1780 g/mol. The van der Waals surface area contributed by atoms with Crippen molar-refractivity contribution in [2.75, 3.05) is 59.5 Å². The molecule has 0 radical (unpaired) electrons. The van der Waals surface area contributed by atoms with E-state index in [4.69, 9.17) is 20.3 Å². The van der Waals surface area contributed by atoms with Gasteiger partial charge in [0, 0.05) is 142 Å². The first-order valence-corrected chi connectivity index (χ1v) is 48.8. The molecule has 35 heteroatoms. The molecule has 0 unspecified atom stereocenters. The minimum atomic E-state index is -3.61. The van der Waals surface area contributed by atoms with Crippen LogP contribution in [-0.2, 0) is 87.4 Å². The molecule has 9 atom stereocenters. The van der Waals surface area contributed by atoms with Gasteiger partial charge in [-0.2, -0.15) is 0 Å². The van der Waals surface area contributed by atoms with Gasteiger partial charge < -0.3 is 64.7 Å². The molecule has 682 valence electrons. The molecule has 7 amide bonds. The minimum absolute atomic E-state index is 0.00948. The highest BCUT2D eigenvalue weighted by Gasteiger charge is 2.43. The van der Waals surface area contributed by atoms with Crippen LogP contribution in [0.15, 0.2) is 87.9 Å². The molecule has 29 nitrogen and oxygen atoms in total. The van der Waals surface area contributed by atoms with Crippen LogP contribution in [0.2, 0.25) is 0 Å². The molecular weight excluding hydrogens is 1650 g/mol. The first-order valence-electron chi connectivity index (χ1n) is 43.1. The number of fused-ring (bicyclic) bond motifs is 3. The number of rotatable bonds is 23. The summed E-state index contributed by atoms with van der Waals surface area (Å²) in [7, 11) is -6.06. The van der Waals surface area contributed by atoms with Crippen LogP contribution in [0.3, 0.4) is 0 Å². The number of carboxylic acids is 1. The van der Waals surface area contributed by atoms with Gasteiger partial charge in [0.05, 0.1) is 26.8 Å². The van der Waals surface area contributed by atoms with E-state index in [-0.39, 0.29) is 74.2 Å². The summed E-state index contributed by atoms with van der Waals surface area (Å²) in [6.07, 6.45) is 26.8.